The molecule has 21 heavy (non-hydrogen) atoms. The number of hydrogen-bond acceptors (Lipinski definition) is 2. The molecule has 0 bridgehead atoms. The van der Waals surface area contributed by atoms with E-state index >= 15 is 0 Å². The molecule has 2 heterocycles. The molecule has 5 nitrogen and oxygen atoms in total. The van der Waals surface area contributed by atoms with Gasteiger partial charge in [0, 0.05) is 25.8 Å². The average Bonchev–Trinajstić information content (AvgIpc) is 3.08. The van der Waals surface area contributed by atoms with E-state index in [0.717, 1.165) is 42.8 Å². The molecule has 1 saturated heterocycles. The van der Waals surface area contributed by atoms with Crippen LogP contribution in [-0.4, -0.2) is 34.2 Å². The number of likely N-dealkylation sites (tertiary alicyclic amines) is 1. The van der Waals surface area contributed by atoms with Crippen LogP contribution in [0.25, 0.3) is 11.3 Å². The Hall–Kier alpha value is -2.30. The van der Waals surface area contributed by atoms with Crippen LogP contribution in [-0.2, 0) is 6.54 Å². The van der Waals surface area contributed by atoms with E-state index in [9.17, 15) is 4.79 Å². The first kappa shape index (κ1) is 13.7. The summed E-state index contributed by atoms with van der Waals surface area (Å²) in [5, 5.41) is 9.87. The molecule has 2 aromatic rings. The summed E-state index contributed by atoms with van der Waals surface area (Å²) < 4.78 is 0. The highest BCUT2D eigenvalue weighted by molar-refractivity contribution is 5.74. The molecule has 2 N–H and O–H groups in total. The predicted molar refractivity (Wildman–Crippen MR) is 81.7 cm³/mol. The van der Waals surface area contributed by atoms with Gasteiger partial charge in [0.15, 0.2) is 0 Å². The highest BCUT2D eigenvalue weighted by atomic mass is 16.2. The molecule has 0 radical (unpaired) electrons. The number of nitrogens with zero attached hydrogens (tertiary/aromatic N) is 2. The van der Waals surface area contributed by atoms with Gasteiger partial charge >= 0.3 is 6.03 Å². The van der Waals surface area contributed by atoms with Gasteiger partial charge in [-0.25, -0.2) is 4.79 Å². The third-order valence-electron chi connectivity index (χ3n) is 3.85. The molecule has 1 aromatic heterocycles. The molecule has 1 aliphatic rings. The van der Waals surface area contributed by atoms with Gasteiger partial charge in [0.25, 0.3) is 0 Å². The van der Waals surface area contributed by atoms with Crippen molar-refractivity contribution in [1.29, 1.82) is 0 Å². The van der Waals surface area contributed by atoms with Gasteiger partial charge < -0.3 is 10.2 Å². The van der Waals surface area contributed by atoms with Crippen molar-refractivity contribution >= 4 is 6.03 Å². The molecule has 5 heteroatoms. The Morgan fingerprint density at radius 3 is 2.57 bits per heavy atom. The van der Waals surface area contributed by atoms with E-state index < -0.39 is 0 Å². The van der Waals surface area contributed by atoms with Gasteiger partial charge in [-0.15, -0.1) is 0 Å². The number of hydrogen-bond donors (Lipinski definition) is 2. The summed E-state index contributed by atoms with van der Waals surface area (Å²) in [4.78, 5) is 13.9. The molecule has 0 aliphatic carbocycles. The zero-order valence-corrected chi connectivity index (χ0v) is 12.0. The standard InChI is InChI=1S/C16H20N4O/c21-16(20-10-2-1-3-11-20)17-12-13-4-6-14(7-5-13)15-8-9-18-19-15/h4-9H,1-3,10-12H2,(H,17,21)(H,18,19). The molecule has 0 atom stereocenters. The van der Waals surface area contributed by atoms with Gasteiger partial charge in [0.1, 0.15) is 0 Å². The fraction of sp³-hybridized carbons (Fsp3) is 0.375. The third-order valence-corrected chi connectivity index (χ3v) is 3.85. The van der Waals surface area contributed by atoms with Gasteiger partial charge in [-0.1, -0.05) is 24.3 Å². The number of urea groups is 1. The minimum Gasteiger partial charge on any atom is -0.334 e. The Morgan fingerprint density at radius 1 is 1.14 bits per heavy atom. The number of carbonyl (C=O) groups excluding carboxylic acids is 1. The Bertz CT molecular complexity index is 571. The summed E-state index contributed by atoms with van der Waals surface area (Å²) >= 11 is 0. The summed E-state index contributed by atoms with van der Waals surface area (Å²) in [6.07, 6.45) is 5.21. The smallest absolute Gasteiger partial charge is 0.317 e. The van der Waals surface area contributed by atoms with Crippen LogP contribution in [0.5, 0.6) is 0 Å². The molecular formula is C16H20N4O. The van der Waals surface area contributed by atoms with Gasteiger partial charge in [0.2, 0.25) is 0 Å². The maximum absolute atomic E-state index is 12.0. The maximum atomic E-state index is 12.0. The van der Waals surface area contributed by atoms with Crippen molar-refractivity contribution in [1.82, 2.24) is 20.4 Å². The van der Waals surface area contributed by atoms with E-state index in [1.54, 1.807) is 6.20 Å². The number of amides is 2. The Labute approximate surface area is 124 Å². The number of benzene rings is 1. The fourth-order valence-corrected chi connectivity index (χ4v) is 2.61. The van der Waals surface area contributed by atoms with Crippen LogP contribution < -0.4 is 5.32 Å². The lowest BCUT2D eigenvalue weighted by molar-refractivity contribution is 0.186. The number of piperidine rings is 1. The van der Waals surface area contributed by atoms with Crippen molar-refractivity contribution in [3.8, 4) is 11.3 Å². The van der Waals surface area contributed by atoms with Crippen molar-refractivity contribution < 1.29 is 4.79 Å². The summed E-state index contributed by atoms with van der Waals surface area (Å²) in [6.45, 7) is 2.33. The summed E-state index contributed by atoms with van der Waals surface area (Å²) in [6, 6.07) is 10.1. The number of rotatable bonds is 3. The van der Waals surface area contributed by atoms with Gasteiger partial charge in [-0.2, -0.15) is 5.10 Å². The van der Waals surface area contributed by atoms with E-state index in [2.05, 4.69) is 15.5 Å². The number of aromatic amines is 1. The first-order valence-corrected chi connectivity index (χ1v) is 7.44. The Balaban J connectivity index is 1.54. The third kappa shape index (κ3) is 3.42. The monoisotopic (exact) mass is 284 g/mol. The highest BCUT2D eigenvalue weighted by Crippen LogP contribution is 2.16. The normalized spacial score (nSPS) is 15.0. The topological polar surface area (TPSA) is 61.0 Å². The number of aromatic nitrogens is 2. The van der Waals surface area contributed by atoms with Crippen molar-refractivity contribution in [3.05, 3.63) is 42.1 Å². The number of nitrogens with one attached hydrogen (secondary N) is 2. The number of H-pyrrole nitrogens is 1. The Kier molecular flexibility index (Phi) is 4.19. The Morgan fingerprint density at radius 2 is 1.90 bits per heavy atom. The zero-order valence-electron chi connectivity index (χ0n) is 12.0. The number of carbonyl (C=O) groups is 1. The fourth-order valence-electron chi connectivity index (χ4n) is 2.61. The summed E-state index contributed by atoms with van der Waals surface area (Å²) in [7, 11) is 0. The van der Waals surface area contributed by atoms with E-state index in [4.69, 9.17) is 0 Å². The van der Waals surface area contributed by atoms with Crippen LogP contribution in [0.3, 0.4) is 0 Å². The van der Waals surface area contributed by atoms with Crippen LogP contribution in [0.4, 0.5) is 4.79 Å². The van der Waals surface area contributed by atoms with Crippen LogP contribution in [0.1, 0.15) is 24.8 Å². The molecule has 1 fully saturated rings. The lowest BCUT2D eigenvalue weighted by Crippen LogP contribution is -2.42. The minimum atomic E-state index is 0.0485. The SMILES string of the molecule is O=C(NCc1ccc(-c2ccn[nH]2)cc1)N1CCCCC1. The minimum absolute atomic E-state index is 0.0485. The van der Waals surface area contributed by atoms with E-state index in [1.165, 1.54) is 6.42 Å². The van der Waals surface area contributed by atoms with Crippen molar-refractivity contribution in [2.24, 2.45) is 0 Å². The molecule has 110 valence electrons. The molecular weight excluding hydrogens is 264 g/mol. The zero-order chi connectivity index (χ0) is 14.5. The second-order valence-electron chi connectivity index (χ2n) is 5.37. The molecule has 0 spiro atoms. The molecule has 2 amide bonds. The van der Waals surface area contributed by atoms with Crippen molar-refractivity contribution in [3.63, 3.8) is 0 Å². The molecule has 1 aromatic carbocycles. The first-order valence-electron chi connectivity index (χ1n) is 7.44. The molecule has 0 saturated carbocycles. The largest absolute Gasteiger partial charge is 0.334 e. The van der Waals surface area contributed by atoms with Crippen molar-refractivity contribution in [2.75, 3.05) is 13.1 Å². The van der Waals surface area contributed by atoms with Crippen LogP contribution >= 0.6 is 0 Å². The van der Waals surface area contributed by atoms with E-state index in [-0.39, 0.29) is 6.03 Å². The van der Waals surface area contributed by atoms with Crippen LogP contribution in [0.15, 0.2) is 36.5 Å². The van der Waals surface area contributed by atoms with Gasteiger partial charge in [0.05, 0.1) is 5.69 Å². The molecule has 0 unspecified atom stereocenters. The molecule has 3 rings (SSSR count). The van der Waals surface area contributed by atoms with E-state index in [0.29, 0.717) is 6.54 Å². The molecule has 1 aliphatic heterocycles. The summed E-state index contributed by atoms with van der Waals surface area (Å²) in [5.74, 6) is 0. The highest BCUT2D eigenvalue weighted by Gasteiger charge is 2.15. The van der Waals surface area contributed by atoms with Crippen LogP contribution in [0, 0.1) is 0 Å². The van der Waals surface area contributed by atoms with Gasteiger partial charge in [-0.05, 0) is 36.5 Å². The maximum Gasteiger partial charge on any atom is 0.317 e. The summed E-state index contributed by atoms with van der Waals surface area (Å²) in [5.41, 5.74) is 3.20. The average molecular weight is 284 g/mol. The van der Waals surface area contributed by atoms with E-state index in [1.807, 2.05) is 35.2 Å². The van der Waals surface area contributed by atoms with Gasteiger partial charge in [-0.3, -0.25) is 5.10 Å². The second kappa shape index (κ2) is 6.43. The predicted octanol–water partition coefficient (Wildman–Crippen LogP) is 2.77. The lowest BCUT2D eigenvalue weighted by atomic mass is 10.1. The second-order valence-corrected chi connectivity index (χ2v) is 5.37. The quantitative estimate of drug-likeness (QED) is 0.910. The van der Waals surface area contributed by atoms with Crippen molar-refractivity contribution in [2.45, 2.75) is 25.8 Å². The van der Waals surface area contributed by atoms with Crippen LogP contribution in [0.2, 0.25) is 0 Å². The first-order chi connectivity index (χ1) is 10.3. The lowest BCUT2D eigenvalue weighted by Gasteiger charge is -2.26.